The van der Waals surface area contributed by atoms with Gasteiger partial charge < -0.3 is 30.2 Å². The maximum absolute atomic E-state index is 13.4. The van der Waals surface area contributed by atoms with Gasteiger partial charge in [-0.3, -0.25) is 19.2 Å². The van der Waals surface area contributed by atoms with E-state index in [-0.39, 0.29) is 24.5 Å². The molecule has 1 aliphatic heterocycles. The monoisotopic (exact) mass is 581 g/mol. The summed E-state index contributed by atoms with van der Waals surface area (Å²) in [5.41, 5.74) is -0.808. The number of hydrogen-bond acceptors (Lipinski definition) is 9. The third kappa shape index (κ3) is 8.23. The van der Waals surface area contributed by atoms with Gasteiger partial charge in [0.25, 0.3) is 11.9 Å². The van der Waals surface area contributed by atoms with E-state index in [0.29, 0.717) is 5.69 Å². The van der Waals surface area contributed by atoms with Crippen molar-refractivity contribution in [1.82, 2.24) is 15.6 Å². The summed E-state index contributed by atoms with van der Waals surface area (Å²) >= 11 is 0. The van der Waals surface area contributed by atoms with Crippen molar-refractivity contribution in [3.8, 4) is 11.3 Å². The summed E-state index contributed by atoms with van der Waals surface area (Å²) in [6.45, 7) is 6.54. The van der Waals surface area contributed by atoms with E-state index in [4.69, 9.17) is 9.31 Å². The molecule has 13 heteroatoms. The third-order valence-corrected chi connectivity index (χ3v) is 6.77. The van der Waals surface area contributed by atoms with E-state index in [9.17, 15) is 34.2 Å². The molecule has 2 amide bonds. The largest absolute Gasteiger partial charge is 0.552 e. The lowest BCUT2D eigenvalue weighted by Crippen LogP contribution is -2.63. The number of aliphatic hydroxyl groups is 1. The summed E-state index contributed by atoms with van der Waals surface area (Å²) < 4.78 is 11.1. The van der Waals surface area contributed by atoms with Gasteiger partial charge in [0.1, 0.15) is 17.5 Å². The number of nitrogens with one attached hydrogen (secondary N) is 2. The Kier molecular flexibility index (Phi) is 11.0. The molecule has 12 nitrogen and oxygen atoms in total. The fraction of sp³-hybridized carbons (Fsp3) is 0.448. The van der Waals surface area contributed by atoms with Crippen LogP contribution in [0.25, 0.3) is 11.3 Å². The van der Waals surface area contributed by atoms with Crippen molar-refractivity contribution < 1.29 is 43.5 Å². The van der Waals surface area contributed by atoms with Crippen LogP contribution in [0.5, 0.6) is 0 Å². The van der Waals surface area contributed by atoms with Crippen molar-refractivity contribution in [2.24, 2.45) is 5.92 Å². The SMILES string of the molecule is CCC(=O)C[C@]1(C(=O)O)CC(=O)OB([C@H](CC(C)C)NC(=O)[C@@H](NC(=O)c2cccc(-c3ccccc3)n2)[C@@H](C)O)O1. The standard InChI is InChI=1S/C29H36BN3O9/c1-5-20(35)15-29(28(39)40)16-24(36)41-30(42-29)23(14-17(2)3)32-27(38)25(18(4)34)33-26(37)22-13-9-12-21(31-22)19-10-7-6-8-11-19/h6-13,17-18,23,25,34H,5,14-16H2,1-4H3,(H,32,38)(H,33,37)(H,39,40)/t18-,23+,25+,29-/m1/s1. The number of aromatic nitrogens is 1. The van der Waals surface area contributed by atoms with Crippen molar-refractivity contribution in [3.05, 3.63) is 54.2 Å². The fourth-order valence-corrected chi connectivity index (χ4v) is 4.58. The number of aliphatic carboxylic acids is 1. The number of benzene rings is 1. The molecule has 0 spiro atoms. The first-order valence-electron chi connectivity index (χ1n) is 13.8. The Morgan fingerprint density at radius 2 is 1.74 bits per heavy atom. The van der Waals surface area contributed by atoms with Crippen LogP contribution in [0.1, 0.15) is 63.9 Å². The highest BCUT2D eigenvalue weighted by molar-refractivity contribution is 6.50. The molecule has 0 unspecified atom stereocenters. The Hall–Kier alpha value is -4.10. The molecule has 2 heterocycles. The molecule has 1 aliphatic rings. The number of hydrogen-bond donors (Lipinski definition) is 4. The van der Waals surface area contributed by atoms with Gasteiger partial charge in [-0.15, -0.1) is 0 Å². The van der Waals surface area contributed by atoms with E-state index in [2.05, 4.69) is 15.6 Å². The van der Waals surface area contributed by atoms with Crippen molar-refractivity contribution in [1.29, 1.82) is 0 Å². The number of amides is 2. The maximum Gasteiger partial charge on any atom is 0.552 e. The van der Waals surface area contributed by atoms with Gasteiger partial charge in [0.2, 0.25) is 5.91 Å². The predicted molar refractivity (Wildman–Crippen MR) is 152 cm³/mol. The zero-order valence-electron chi connectivity index (χ0n) is 24.0. The molecule has 2 aromatic rings. The van der Waals surface area contributed by atoms with Gasteiger partial charge >= 0.3 is 13.1 Å². The lowest BCUT2D eigenvalue weighted by atomic mass is 9.70. The normalized spacial score (nSPS) is 18.9. The molecule has 224 valence electrons. The Morgan fingerprint density at radius 1 is 1.05 bits per heavy atom. The summed E-state index contributed by atoms with van der Waals surface area (Å²) in [4.78, 5) is 67.8. The highest BCUT2D eigenvalue weighted by Crippen LogP contribution is 2.30. The van der Waals surface area contributed by atoms with E-state index >= 15 is 0 Å². The summed E-state index contributed by atoms with van der Waals surface area (Å²) in [6, 6.07) is 12.6. The molecule has 1 aromatic carbocycles. The second kappa shape index (κ2) is 14.2. The van der Waals surface area contributed by atoms with Crippen LogP contribution in [0, 0.1) is 5.92 Å². The second-order valence-corrected chi connectivity index (χ2v) is 10.7. The van der Waals surface area contributed by atoms with E-state index < -0.39 is 73.2 Å². The average Bonchev–Trinajstić information content (AvgIpc) is 2.95. The molecule has 4 atom stereocenters. The number of carboxylic acid groups (broad SMARTS) is 1. The Bertz CT molecular complexity index is 1300. The van der Waals surface area contributed by atoms with Crippen LogP contribution in [-0.2, 0) is 28.5 Å². The van der Waals surface area contributed by atoms with Crippen molar-refractivity contribution in [3.63, 3.8) is 0 Å². The number of carboxylic acids is 1. The summed E-state index contributed by atoms with van der Waals surface area (Å²) in [5, 5.41) is 25.5. The first-order valence-corrected chi connectivity index (χ1v) is 13.8. The molecule has 42 heavy (non-hydrogen) atoms. The van der Waals surface area contributed by atoms with E-state index in [0.717, 1.165) is 5.56 Å². The molecule has 0 aliphatic carbocycles. The molecule has 0 bridgehead atoms. The lowest BCUT2D eigenvalue weighted by Gasteiger charge is -2.38. The number of aliphatic hydroxyl groups excluding tert-OH is 1. The first-order chi connectivity index (χ1) is 19.8. The number of carbonyl (C=O) groups is 5. The van der Waals surface area contributed by atoms with Crippen molar-refractivity contribution >= 4 is 36.7 Å². The van der Waals surface area contributed by atoms with Crippen LogP contribution in [0.3, 0.4) is 0 Å². The van der Waals surface area contributed by atoms with E-state index in [1.807, 2.05) is 44.2 Å². The molecule has 1 saturated heterocycles. The van der Waals surface area contributed by atoms with E-state index in [1.54, 1.807) is 19.1 Å². The zero-order valence-corrected chi connectivity index (χ0v) is 24.0. The number of ketones is 1. The van der Waals surface area contributed by atoms with Gasteiger partial charge in [-0.05, 0) is 31.4 Å². The quantitative estimate of drug-likeness (QED) is 0.255. The van der Waals surface area contributed by atoms with Gasteiger partial charge in [-0.1, -0.05) is 57.2 Å². The summed E-state index contributed by atoms with van der Waals surface area (Å²) in [7, 11) is -1.53. The highest BCUT2D eigenvalue weighted by atomic mass is 16.6. The van der Waals surface area contributed by atoms with Gasteiger partial charge in [0, 0.05) is 18.4 Å². The van der Waals surface area contributed by atoms with Crippen molar-refractivity contribution in [2.45, 2.75) is 77.1 Å². The van der Waals surface area contributed by atoms with E-state index in [1.165, 1.54) is 13.0 Å². The minimum atomic E-state index is -2.15. The van der Waals surface area contributed by atoms with Crippen molar-refractivity contribution in [2.75, 3.05) is 0 Å². The van der Waals surface area contributed by atoms with Gasteiger partial charge in [0.15, 0.2) is 5.60 Å². The minimum absolute atomic E-state index is 0.0184. The van der Waals surface area contributed by atoms with Gasteiger partial charge in [0.05, 0.1) is 24.2 Å². The smallest absolute Gasteiger partial charge is 0.508 e. The van der Waals surface area contributed by atoms with Crippen LogP contribution < -0.4 is 10.6 Å². The summed E-state index contributed by atoms with van der Waals surface area (Å²) in [5.74, 6) is -5.49. The Labute approximate surface area is 244 Å². The first kappa shape index (κ1) is 32.4. The molecular weight excluding hydrogens is 545 g/mol. The van der Waals surface area contributed by atoms with Crippen LogP contribution in [0.15, 0.2) is 48.5 Å². The third-order valence-electron chi connectivity index (χ3n) is 6.77. The van der Waals surface area contributed by atoms with Gasteiger partial charge in [-0.2, -0.15) is 0 Å². The average molecular weight is 581 g/mol. The Morgan fingerprint density at radius 3 is 2.33 bits per heavy atom. The maximum atomic E-state index is 13.4. The number of carbonyl (C=O) groups excluding carboxylic acids is 4. The molecular formula is C29H36BN3O9. The number of nitrogens with zero attached hydrogens (tertiary/aromatic N) is 1. The second-order valence-electron chi connectivity index (χ2n) is 10.7. The molecule has 1 aromatic heterocycles. The van der Waals surface area contributed by atoms with Crippen LogP contribution >= 0.6 is 0 Å². The number of pyridine rings is 1. The lowest BCUT2D eigenvalue weighted by molar-refractivity contribution is -0.172. The molecule has 3 rings (SSSR count). The molecule has 4 N–H and O–H groups in total. The topological polar surface area (TPSA) is 181 Å². The Balaban J connectivity index is 1.82. The molecule has 1 fully saturated rings. The molecule has 0 saturated carbocycles. The molecule has 0 radical (unpaired) electrons. The van der Waals surface area contributed by atoms with Crippen LogP contribution in [0.4, 0.5) is 0 Å². The highest BCUT2D eigenvalue weighted by Gasteiger charge is 2.54. The van der Waals surface area contributed by atoms with Crippen LogP contribution in [-0.4, -0.2) is 75.5 Å². The van der Waals surface area contributed by atoms with Gasteiger partial charge in [-0.25, -0.2) is 9.78 Å². The number of Topliss-reactive ketones (excluding diaryl/α,β-unsaturated/α-hetero) is 1. The zero-order chi connectivity index (χ0) is 31.0. The predicted octanol–water partition coefficient (Wildman–Crippen LogP) is 1.94. The number of rotatable bonds is 13. The minimum Gasteiger partial charge on any atom is -0.508 e. The van der Waals surface area contributed by atoms with Crippen LogP contribution in [0.2, 0.25) is 0 Å². The summed E-state index contributed by atoms with van der Waals surface area (Å²) in [6.07, 6.45) is -2.34. The fourth-order valence-electron chi connectivity index (χ4n) is 4.58.